The topological polar surface area (TPSA) is 78.1 Å². The lowest BCUT2D eigenvalue weighted by molar-refractivity contribution is 0.0873. The first kappa shape index (κ1) is 18.2. The van der Waals surface area contributed by atoms with Gasteiger partial charge in [-0.1, -0.05) is 30.3 Å². The monoisotopic (exact) mass is 397 g/mol. The lowest BCUT2D eigenvalue weighted by Gasteiger charge is -2.23. The Bertz CT molecular complexity index is 1170. The smallest absolute Gasteiger partial charge is 0.284 e. The van der Waals surface area contributed by atoms with Crippen LogP contribution in [0.25, 0.3) is 11.6 Å². The Hall–Kier alpha value is -3.80. The third-order valence-corrected chi connectivity index (χ3v) is 5.28. The Labute approximate surface area is 173 Å². The van der Waals surface area contributed by atoms with Crippen molar-refractivity contribution in [2.24, 2.45) is 5.92 Å². The molecule has 0 saturated heterocycles. The van der Waals surface area contributed by atoms with Crippen LogP contribution in [-0.2, 0) is 12.8 Å². The molecule has 0 radical (unpaired) electrons. The number of ketones is 1. The average molecular weight is 397 g/mol. The van der Waals surface area contributed by atoms with Gasteiger partial charge in [0.25, 0.3) is 11.8 Å². The summed E-state index contributed by atoms with van der Waals surface area (Å²) in [6.07, 6.45) is 3.84. The van der Waals surface area contributed by atoms with E-state index >= 15 is 0 Å². The first-order valence-electron chi connectivity index (χ1n) is 9.90. The number of carbonyl (C=O) groups excluding carboxylic acids is 1. The number of aromatic nitrogens is 3. The number of para-hydroxylation sites is 1. The van der Waals surface area contributed by atoms with E-state index in [9.17, 15) is 4.79 Å². The van der Waals surface area contributed by atoms with E-state index in [0.29, 0.717) is 12.1 Å². The van der Waals surface area contributed by atoms with Crippen LogP contribution < -0.4 is 4.74 Å². The Balaban J connectivity index is 1.30. The number of Topliss-reactive ketones (excluding diaryl/α,β-unsaturated/α-hetero) is 1. The highest BCUT2D eigenvalue weighted by Gasteiger charge is 2.29. The first-order chi connectivity index (χ1) is 14.8. The van der Waals surface area contributed by atoms with Crippen LogP contribution in [0, 0.1) is 5.92 Å². The van der Waals surface area contributed by atoms with Crippen molar-refractivity contribution in [3.05, 3.63) is 89.9 Å². The molecule has 0 bridgehead atoms. The summed E-state index contributed by atoms with van der Waals surface area (Å²) in [6, 6.07) is 21.2. The van der Waals surface area contributed by atoms with E-state index in [-0.39, 0.29) is 23.5 Å². The molecule has 2 aromatic carbocycles. The molecule has 1 aliphatic rings. The maximum absolute atomic E-state index is 12.9. The van der Waals surface area contributed by atoms with Crippen molar-refractivity contribution < 1.29 is 13.9 Å². The van der Waals surface area contributed by atoms with Crippen LogP contribution in [0.1, 0.15) is 28.2 Å². The standard InChI is InChI=1S/C24H19N3O3/c28-22(24-27-26-23(30-24)21-8-4-5-13-25-21)18-10-9-17-15-20(12-11-16(17)14-18)29-19-6-2-1-3-7-19/h1-8,11-13,15,18H,9-10,14H2/t18-/m0/s1. The number of hydrogen-bond donors (Lipinski definition) is 0. The molecule has 6 heteroatoms. The predicted molar refractivity (Wildman–Crippen MR) is 110 cm³/mol. The van der Waals surface area contributed by atoms with Crippen molar-refractivity contribution in [2.45, 2.75) is 19.3 Å². The van der Waals surface area contributed by atoms with Crippen LogP contribution >= 0.6 is 0 Å². The zero-order valence-corrected chi connectivity index (χ0v) is 16.2. The molecule has 0 saturated carbocycles. The molecule has 0 N–H and O–H groups in total. The fourth-order valence-corrected chi connectivity index (χ4v) is 3.73. The molecule has 148 valence electrons. The fraction of sp³-hybridized carbons (Fsp3) is 0.167. The van der Waals surface area contributed by atoms with Crippen molar-refractivity contribution in [2.75, 3.05) is 0 Å². The van der Waals surface area contributed by atoms with Crippen LogP contribution in [0.2, 0.25) is 0 Å². The molecule has 0 spiro atoms. The number of pyridine rings is 1. The van der Waals surface area contributed by atoms with Crippen LogP contribution in [0.15, 0.2) is 77.3 Å². The van der Waals surface area contributed by atoms with Gasteiger partial charge in [-0.05, 0) is 66.8 Å². The maximum Gasteiger partial charge on any atom is 0.284 e. The van der Waals surface area contributed by atoms with Gasteiger partial charge in [-0.3, -0.25) is 9.78 Å². The molecule has 2 aromatic heterocycles. The summed E-state index contributed by atoms with van der Waals surface area (Å²) < 4.78 is 11.5. The van der Waals surface area contributed by atoms with Crippen LogP contribution in [0.4, 0.5) is 0 Å². The molecule has 5 rings (SSSR count). The van der Waals surface area contributed by atoms with E-state index in [1.54, 1.807) is 12.3 Å². The number of aryl methyl sites for hydroxylation is 1. The Morgan fingerprint density at radius 1 is 0.933 bits per heavy atom. The molecule has 1 aliphatic carbocycles. The minimum Gasteiger partial charge on any atom is -0.457 e. The summed E-state index contributed by atoms with van der Waals surface area (Å²) >= 11 is 0. The van der Waals surface area contributed by atoms with E-state index in [1.165, 1.54) is 5.56 Å². The highest BCUT2D eigenvalue weighted by atomic mass is 16.5. The van der Waals surface area contributed by atoms with Gasteiger partial charge in [0.1, 0.15) is 17.2 Å². The second-order valence-corrected chi connectivity index (χ2v) is 7.28. The lowest BCUT2D eigenvalue weighted by Crippen LogP contribution is -2.23. The van der Waals surface area contributed by atoms with E-state index in [2.05, 4.69) is 21.2 Å². The third kappa shape index (κ3) is 3.72. The Kier molecular flexibility index (Phi) is 4.81. The molecule has 30 heavy (non-hydrogen) atoms. The first-order valence-corrected chi connectivity index (χ1v) is 9.90. The van der Waals surface area contributed by atoms with Crippen LogP contribution in [-0.4, -0.2) is 21.0 Å². The summed E-state index contributed by atoms with van der Waals surface area (Å²) in [4.78, 5) is 17.1. The van der Waals surface area contributed by atoms with Gasteiger partial charge in [0.05, 0.1) is 0 Å². The Morgan fingerprint density at radius 3 is 2.63 bits per heavy atom. The molecule has 0 amide bonds. The Morgan fingerprint density at radius 2 is 1.80 bits per heavy atom. The number of fused-ring (bicyclic) bond motifs is 1. The van der Waals surface area contributed by atoms with Gasteiger partial charge in [-0.15, -0.1) is 10.2 Å². The van der Waals surface area contributed by atoms with E-state index in [4.69, 9.17) is 9.15 Å². The molecule has 2 heterocycles. The van der Waals surface area contributed by atoms with Crippen molar-refractivity contribution in [3.8, 4) is 23.1 Å². The molecule has 4 aromatic rings. The average Bonchev–Trinajstić information content (AvgIpc) is 3.30. The van der Waals surface area contributed by atoms with Crippen molar-refractivity contribution >= 4 is 5.78 Å². The third-order valence-electron chi connectivity index (χ3n) is 5.28. The molecular formula is C24H19N3O3. The predicted octanol–water partition coefficient (Wildman–Crippen LogP) is 4.91. The number of rotatable bonds is 5. The number of hydrogen-bond acceptors (Lipinski definition) is 6. The summed E-state index contributed by atoms with van der Waals surface area (Å²) in [7, 11) is 0. The normalized spacial score (nSPS) is 15.4. The highest BCUT2D eigenvalue weighted by Crippen LogP contribution is 2.32. The molecule has 1 atom stereocenters. The second-order valence-electron chi connectivity index (χ2n) is 7.28. The van der Waals surface area contributed by atoms with E-state index < -0.39 is 0 Å². The number of ether oxygens (including phenoxy) is 1. The molecule has 0 aliphatic heterocycles. The van der Waals surface area contributed by atoms with Crippen LogP contribution in [0.3, 0.4) is 0 Å². The van der Waals surface area contributed by atoms with Gasteiger partial charge < -0.3 is 9.15 Å². The van der Waals surface area contributed by atoms with Crippen molar-refractivity contribution in [1.82, 2.24) is 15.2 Å². The van der Waals surface area contributed by atoms with Crippen molar-refractivity contribution in [1.29, 1.82) is 0 Å². The SMILES string of the molecule is O=C(c1nnc(-c2ccccn2)o1)[C@H]1CCc2cc(Oc3ccccc3)ccc2C1. The molecule has 0 fully saturated rings. The second kappa shape index (κ2) is 7.91. The molecule has 6 nitrogen and oxygen atoms in total. The van der Waals surface area contributed by atoms with Gasteiger partial charge in [-0.25, -0.2) is 0 Å². The fourth-order valence-electron chi connectivity index (χ4n) is 3.73. The van der Waals surface area contributed by atoms with Gasteiger partial charge in [0, 0.05) is 12.1 Å². The highest BCUT2D eigenvalue weighted by molar-refractivity contribution is 5.94. The van der Waals surface area contributed by atoms with E-state index in [1.807, 2.05) is 54.6 Å². The van der Waals surface area contributed by atoms with Gasteiger partial charge in [0.2, 0.25) is 5.78 Å². The van der Waals surface area contributed by atoms with Gasteiger partial charge in [0.15, 0.2) is 0 Å². The summed E-state index contributed by atoms with van der Waals surface area (Å²) in [5.41, 5.74) is 2.93. The number of benzene rings is 2. The minimum absolute atomic E-state index is 0.0492. The zero-order chi connectivity index (χ0) is 20.3. The largest absolute Gasteiger partial charge is 0.457 e. The zero-order valence-electron chi connectivity index (χ0n) is 16.2. The summed E-state index contributed by atoms with van der Waals surface area (Å²) in [6.45, 7) is 0. The number of nitrogens with zero attached hydrogens (tertiary/aromatic N) is 3. The molecular weight excluding hydrogens is 378 g/mol. The summed E-state index contributed by atoms with van der Waals surface area (Å²) in [5.74, 6) is 1.64. The quantitative estimate of drug-likeness (QED) is 0.445. The van der Waals surface area contributed by atoms with Gasteiger partial charge >= 0.3 is 0 Å². The van der Waals surface area contributed by atoms with Gasteiger partial charge in [-0.2, -0.15) is 0 Å². The summed E-state index contributed by atoms with van der Waals surface area (Å²) in [5, 5.41) is 7.94. The minimum atomic E-state index is -0.171. The molecule has 0 unspecified atom stereocenters. The van der Waals surface area contributed by atoms with E-state index in [0.717, 1.165) is 29.9 Å². The van der Waals surface area contributed by atoms with Crippen LogP contribution in [0.5, 0.6) is 11.5 Å². The lowest BCUT2D eigenvalue weighted by atomic mass is 9.81. The maximum atomic E-state index is 12.9. The number of carbonyl (C=O) groups is 1. The van der Waals surface area contributed by atoms with Crippen molar-refractivity contribution in [3.63, 3.8) is 0 Å².